The lowest BCUT2D eigenvalue weighted by atomic mass is 9.84. The topological polar surface area (TPSA) is 0 Å². The fourth-order valence-electron chi connectivity index (χ4n) is 2.83. The third-order valence-electron chi connectivity index (χ3n) is 3.72. The Kier molecular flexibility index (Phi) is 3.85. The molecule has 0 aliphatic heterocycles. The Morgan fingerprint density at radius 2 is 1.93 bits per heavy atom. The van der Waals surface area contributed by atoms with Crippen LogP contribution in [0.3, 0.4) is 0 Å². The fourth-order valence-corrected chi connectivity index (χ4v) is 3.70. The van der Waals surface area contributed by atoms with Crippen molar-refractivity contribution in [2.75, 3.05) is 5.33 Å². The van der Waals surface area contributed by atoms with E-state index in [9.17, 15) is 0 Å². The molecule has 0 N–H and O–H groups in total. The zero-order valence-electron chi connectivity index (χ0n) is 9.38. The summed E-state index contributed by atoms with van der Waals surface area (Å²) in [5.41, 5.74) is 3.01. The van der Waals surface area contributed by atoms with E-state index < -0.39 is 0 Å². The van der Waals surface area contributed by atoms with E-state index in [1.807, 2.05) is 0 Å². The first-order valence-electron chi connectivity index (χ1n) is 5.94. The van der Waals surface area contributed by atoms with Crippen LogP contribution in [0.25, 0.3) is 0 Å². The molecule has 0 radical (unpaired) electrons. The van der Waals surface area contributed by atoms with Crippen LogP contribution in [0.1, 0.15) is 42.7 Å². The third kappa shape index (κ3) is 2.44. The van der Waals surface area contributed by atoms with Gasteiger partial charge in [-0.3, -0.25) is 0 Å². The molecule has 1 saturated carbocycles. The monoisotopic (exact) mass is 266 g/mol. The van der Waals surface area contributed by atoms with Gasteiger partial charge in [0.15, 0.2) is 0 Å². The lowest BCUT2D eigenvalue weighted by Crippen LogP contribution is -2.12. The molecule has 2 rings (SSSR count). The Balaban J connectivity index is 2.22. The van der Waals surface area contributed by atoms with E-state index in [0.29, 0.717) is 0 Å². The van der Waals surface area contributed by atoms with Crippen LogP contribution in [0.2, 0.25) is 0 Å². The molecule has 0 saturated heterocycles. The van der Waals surface area contributed by atoms with Crippen LogP contribution in [0, 0.1) is 12.8 Å². The summed E-state index contributed by atoms with van der Waals surface area (Å²) in [4.78, 5) is 0. The standard InChI is InChI=1S/C14H19Br/c1-11-6-2-5-9-13(11)14(10-15)12-7-3-4-8-12/h2,5-6,9,12,14H,3-4,7-8,10H2,1H3. The van der Waals surface area contributed by atoms with Gasteiger partial charge in [-0.2, -0.15) is 0 Å². The molecular formula is C14H19Br. The van der Waals surface area contributed by atoms with E-state index in [2.05, 4.69) is 47.1 Å². The number of rotatable bonds is 3. The van der Waals surface area contributed by atoms with Crippen LogP contribution in [0.15, 0.2) is 24.3 Å². The molecule has 15 heavy (non-hydrogen) atoms. The highest BCUT2D eigenvalue weighted by atomic mass is 79.9. The molecule has 1 aromatic rings. The number of halogens is 1. The van der Waals surface area contributed by atoms with Crippen molar-refractivity contribution in [2.45, 2.75) is 38.5 Å². The minimum Gasteiger partial charge on any atom is -0.0921 e. The maximum atomic E-state index is 3.70. The van der Waals surface area contributed by atoms with Crippen LogP contribution >= 0.6 is 15.9 Å². The van der Waals surface area contributed by atoms with Crippen molar-refractivity contribution in [1.29, 1.82) is 0 Å². The van der Waals surface area contributed by atoms with Crippen LogP contribution in [0.5, 0.6) is 0 Å². The molecule has 0 amide bonds. The summed E-state index contributed by atoms with van der Waals surface area (Å²) < 4.78 is 0. The maximum absolute atomic E-state index is 3.70. The summed E-state index contributed by atoms with van der Waals surface area (Å²) in [6, 6.07) is 8.85. The molecule has 0 bridgehead atoms. The minimum atomic E-state index is 0.730. The van der Waals surface area contributed by atoms with Crippen LogP contribution < -0.4 is 0 Å². The van der Waals surface area contributed by atoms with Gasteiger partial charge in [-0.25, -0.2) is 0 Å². The summed E-state index contributed by atoms with van der Waals surface area (Å²) >= 11 is 3.70. The first-order chi connectivity index (χ1) is 7.33. The quantitative estimate of drug-likeness (QED) is 0.698. The van der Waals surface area contributed by atoms with Gasteiger partial charge >= 0.3 is 0 Å². The van der Waals surface area contributed by atoms with Crippen molar-refractivity contribution in [3.63, 3.8) is 0 Å². The average molecular weight is 267 g/mol. The predicted molar refractivity (Wildman–Crippen MR) is 69.7 cm³/mol. The normalized spacial score (nSPS) is 19.3. The van der Waals surface area contributed by atoms with E-state index >= 15 is 0 Å². The van der Waals surface area contributed by atoms with Crippen molar-refractivity contribution in [3.05, 3.63) is 35.4 Å². The van der Waals surface area contributed by atoms with Crippen molar-refractivity contribution >= 4 is 15.9 Å². The van der Waals surface area contributed by atoms with Gasteiger partial charge in [0, 0.05) is 5.33 Å². The summed E-state index contributed by atoms with van der Waals surface area (Å²) in [6.07, 6.45) is 5.70. The molecule has 1 aromatic carbocycles. The smallest absolute Gasteiger partial charge is 0.0103 e. The van der Waals surface area contributed by atoms with Gasteiger partial charge in [0.1, 0.15) is 0 Å². The van der Waals surface area contributed by atoms with E-state index in [4.69, 9.17) is 0 Å². The number of aryl methyl sites for hydroxylation is 1. The average Bonchev–Trinajstić information content (AvgIpc) is 2.75. The lowest BCUT2D eigenvalue weighted by molar-refractivity contribution is 0.466. The zero-order valence-corrected chi connectivity index (χ0v) is 11.0. The van der Waals surface area contributed by atoms with Gasteiger partial charge in [0.25, 0.3) is 0 Å². The first kappa shape index (κ1) is 11.2. The number of hydrogen-bond acceptors (Lipinski definition) is 0. The van der Waals surface area contributed by atoms with E-state index in [1.165, 1.54) is 31.2 Å². The van der Waals surface area contributed by atoms with E-state index in [0.717, 1.165) is 17.2 Å². The van der Waals surface area contributed by atoms with Crippen molar-refractivity contribution < 1.29 is 0 Å². The molecule has 0 aromatic heterocycles. The Bertz CT molecular complexity index is 313. The molecule has 1 aliphatic carbocycles. The predicted octanol–water partition coefficient (Wildman–Crippen LogP) is 4.66. The zero-order chi connectivity index (χ0) is 10.7. The summed E-state index contributed by atoms with van der Waals surface area (Å²) in [5.74, 6) is 1.64. The van der Waals surface area contributed by atoms with Crippen LogP contribution in [0.4, 0.5) is 0 Å². The fraction of sp³-hybridized carbons (Fsp3) is 0.571. The van der Waals surface area contributed by atoms with Gasteiger partial charge in [0.2, 0.25) is 0 Å². The summed E-state index contributed by atoms with van der Waals surface area (Å²) in [5, 5.41) is 1.11. The van der Waals surface area contributed by atoms with Gasteiger partial charge in [-0.15, -0.1) is 0 Å². The molecule has 0 nitrogen and oxygen atoms in total. The summed E-state index contributed by atoms with van der Waals surface area (Å²) in [7, 11) is 0. The second-order valence-electron chi connectivity index (χ2n) is 4.66. The number of benzene rings is 1. The Labute approximate surface area is 101 Å². The third-order valence-corrected chi connectivity index (χ3v) is 4.42. The molecule has 1 atom stereocenters. The minimum absolute atomic E-state index is 0.730. The molecule has 82 valence electrons. The number of hydrogen-bond donors (Lipinski definition) is 0. The molecule has 1 unspecified atom stereocenters. The van der Waals surface area contributed by atoms with E-state index in [1.54, 1.807) is 5.56 Å². The SMILES string of the molecule is Cc1ccccc1C(CBr)C1CCCC1. The van der Waals surface area contributed by atoms with Gasteiger partial charge in [-0.1, -0.05) is 53.0 Å². The van der Waals surface area contributed by atoms with Crippen LogP contribution in [-0.4, -0.2) is 5.33 Å². The Hall–Kier alpha value is -0.300. The molecule has 0 heterocycles. The molecule has 1 heteroatoms. The Morgan fingerprint density at radius 1 is 1.27 bits per heavy atom. The van der Waals surface area contributed by atoms with Crippen molar-refractivity contribution in [2.24, 2.45) is 5.92 Å². The van der Waals surface area contributed by atoms with Crippen molar-refractivity contribution in [3.8, 4) is 0 Å². The summed E-state index contributed by atoms with van der Waals surface area (Å²) in [6.45, 7) is 2.24. The van der Waals surface area contributed by atoms with Gasteiger partial charge < -0.3 is 0 Å². The largest absolute Gasteiger partial charge is 0.0921 e. The second-order valence-corrected chi connectivity index (χ2v) is 5.31. The highest BCUT2D eigenvalue weighted by Gasteiger charge is 2.26. The molecule has 1 fully saturated rings. The van der Waals surface area contributed by atoms with Gasteiger partial charge in [0.05, 0.1) is 0 Å². The second kappa shape index (κ2) is 5.16. The molecular weight excluding hydrogens is 248 g/mol. The maximum Gasteiger partial charge on any atom is 0.0103 e. The van der Waals surface area contributed by atoms with E-state index in [-0.39, 0.29) is 0 Å². The van der Waals surface area contributed by atoms with Crippen LogP contribution in [-0.2, 0) is 0 Å². The highest BCUT2D eigenvalue weighted by Crippen LogP contribution is 2.39. The molecule has 1 aliphatic rings. The lowest BCUT2D eigenvalue weighted by Gasteiger charge is -2.23. The van der Waals surface area contributed by atoms with Gasteiger partial charge in [-0.05, 0) is 42.7 Å². The molecule has 0 spiro atoms. The first-order valence-corrected chi connectivity index (χ1v) is 7.06. The Morgan fingerprint density at radius 3 is 2.53 bits per heavy atom. The number of alkyl halides is 1. The highest BCUT2D eigenvalue weighted by molar-refractivity contribution is 9.09. The van der Waals surface area contributed by atoms with Crippen molar-refractivity contribution in [1.82, 2.24) is 0 Å².